The molecule has 1 aromatic heterocycles. The van der Waals surface area contributed by atoms with Gasteiger partial charge in [0.05, 0.1) is 12.1 Å². The topological polar surface area (TPSA) is 99.6 Å². The van der Waals surface area contributed by atoms with Crippen LogP contribution in [0.2, 0.25) is 0 Å². The minimum Gasteiger partial charge on any atom is -0.343 e. The predicted molar refractivity (Wildman–Crippen MR) is 126 cm³/mol. The van der Waals surface area contributed by atoms with Gasteiger partial charge in [0.2, 0.25) is 11.8 Å². The molecule has 1 atom stereocenters. The minimum atomic E-state index is -0.485. The highest BCUT2D eigenvalue weighted by molar-refractivity contribution is 5.98. The number of benzene rings is 1. The lowest BCUT2D eigenvalue weighted by Crippen LogP contribution is -2.58. The third kappa shape index (κ3) is 5.35. The number of fused-ring (bicyclic) bond motifs is 1. The van der Waals surface area contributed by atoms with Gasteiger partial charge in [-0.25, -0.2) is 0 Å². The van der Waals surface area contributed by atoms with Crippen molar-refractivity contribution in [1.82, 2.24) is 30.2 Å². The van der Waals surface area contributed by atoms with Gasteiger partial charge < -0.3 is 20.4 Å². The highest BCUT2D eigenvalue weighted by Crippen LogP contribution is 2.28. The Labute approximate surface area is 194 Å². The number of aryl methyl sites for hydroxylation is 1. The van der Waals surface area contributed by atoms with E-state index in [1.165, 1.54) is 6.42 Å². The van der Waals surface area contributed by atoms with Crippen LogP contribution >= 0.6 is 0 Å². The fourth-order valence-corrected chi connectivity index (χ4v) is 5.03. The highest BCUT2D eigenvalue weighted by atomic mass is 16.2. The number of hydrogen-bond acceptors (Lipinski definition) is 5. The van der Waals surface area contributed by atoms with Crippen LogP contribution in [0.15, 0.2) is 24.4 Å². The largest absolute Gasteiger partial charge is 0.343 e. The van der Waals surface area contributed by atoms with Crippen LogP contribution in [-0.4, -0.2) is 83.1 Å². The minimum absolute atomic E-state index is 0.0183. The molecule has 9 nitrogen and oxygen atoms in total. The molecule has 9 heteroatoms. The molecule has 4 rings (SSSR count). The van der Waals surface area contributed by atoms with E-state index < -0.39 is 6.04 Å². The molecule has 2 N–H and O–H groups in total. The molecule has 1 aliphatic carbocycles. The molecule has 1 aromatic carbocycles. The quantitative estimate of drug-likeness (QED) is 0.682. The second kappa shape index (κ2) is 10.3. The Morgan fingerprint density at radius 1 is 1.06 bits per heavy atom. The molecular weight excluding hydrogens is 420 g/mol. The van der Waals surface area contributed by atoms with Gasteiger partial charge in [0, 0.05) is 50.4 Å². The summed E-state index contributed by atoms with van der Waals surface area (Å²) in [6.07, 6.45) is 7.21. The van der Waals surface area contributed by atoms with Gasteiger partial charge in [-0.3, -0.25) is 19.1 Å². The molecule has 1 saturated carbocycles. The smallest absolute Gasteiger partial charge is 0.253 e. The molecule has 0 radical (unpaired) electrons. The maximum absolute atomic E-state index is 13.4. The summed E-state index contributed by atoms with van der Waals surface area (Å²) in [5.41, 5.74) is 1.49. The molecule has 1 aliphatic heterocycles. The zero-order valence-corrected chi connectivity index (χ0v) is 19.5. The zero-order valence-electron chi connectivity index (χ0n) is 19.5. The van der Waals surface area contributed by atoms with E-state index in [0.29, 0.717) is 31.7 Å². The molecule has 33 heavy (non-hydrogen) atoms. The number of nitrogens with zero attached hydrogens (tertiary/aromatic N) is 4. The molecule has 0 bridgehead atoms. The first-order valence-electron chi connectivity index (χ1n) is 11.9. The van der Waals surface area contributed by atoms with E-state index in [1.807, 2.05) is 36.3 Å². The van der Waals surface area contributed by atoms with Crippen LogP contribution in [0, 0.1) is 5.92 Å². The molecule has 2 heterocycles. The van der Waals surface area contributed by atoms with Crippen LogP contribution in [0.1, 0.15) is 42.5 Å². The number of carbonyl (C=O) groups is 3. The Balaban J connectivity index is 1.39. The van der Waals surface area contributed by atoms with Crippen molar-refractivity contribution in [3.63, 3.8) is 0 Å². The third-order valence-corrected chi connectivity index (χ3v) is 6.79. The summed E-state index contributed by atoms with van der Waals surface area (Å²) in [6, 6.07) is 5.07. The Morgan fingerprint density at radius 2 is 1.76 bits per heavy atom. The summed E-state index contributed by atoms with van der Waals surface area (Å²) < 4.78 is 1.74. The van der Waals surface area contributed by atoms with Crippen molar-refractivity contribution in [2.75, 3.05) is 39.8 Å². The molecule has 0 spiro atoms. The normalized spacial score (nSPS) is 18.4. The number of likely N-dealkylation sites (N-methyl/N-ethyl adjacent to an activating group) is 1. The Morgan fingerprint density at radius 3 is 2.45 bits per heavy atom. The van der Waals surface area contributed by atoms with Crippen LogP contribution in [0.3, 0.4) is 0 Å². The van der Waals surface area contributed by atoms with Crippen LogP contribution in [0.25, 0.3) is 10.9 Å². The van der Waals surface area contributed by atoms with Crippen LogP contribution < -0.4 is 10.6 Å². The van der Waals surface area contributed by atoms with E-state index in [-0.39, 0.29) is 30.2 Å². The van der Waals surface area contributed by atoms with Gasteiger partial charge in [-0.2, -0.15) is 5.10 Å². The summed E-state index contributed by atoms with van der Waals surface area (Å²) in [5, 5.41) is 11.1. The van der Waals surface area contributed by atoms with Gasteiger partial charge in [-0.1, -0.05) is 19.3 Å². The molecule has 2 fully saturated rings. The molecule has 1 saturated heterocycles. The van der Waals surface area contributed by atoms with Gasteiger partial charge in [0.15, 0.2) is 0 Å². The van der Waals surface area contributed by atoms with Crippen LogP contribution in [0.5, 0.6) is 0 Å². The third-order valence-electron chi connectivity index (χ3n) is 6.79. The lowest BCUT2D eigenvalue weighted by molar-refractivity contribution is -0.139. The molecular formula is C24H34N6O3. The first kappa shape index (κ1) is 23.2. The van der Waals surface area contributed by atoms with E-state index >= 15 is 0 Å². The van der Waals surface area contributed by atoms with Gasteiger partial charge in [-0.15, -0.1) is 0 Å². The molecule has 2 aromatic rings. The van der Waals surface area contributed by atoms with E-state index in [9.17, 15) is 14.4 Å². The van der Waals surface area contributed by atoms with Gasteiger partial charge in [0.25, 0.3) is 5.91 Å². The number of rotatable bonds is 6. The van der Waals surface area contributed by atoms with Gasteiger partial charge in [-0.05, 0) is 44.0 Å². The van der Waals surface area contributed by atoms with E-state index in [4.69, 9.17) is 0 Å². The van der Waals surface area contributed by atoms with E-state index in [0.717, 1.165) is 36.6 Å². The number of nitrogens with one attached hydrogen (secondary N) is 2. The van der Waals surface area contributed by atoms with Crippen molar-refractivity contribution in [1.29, 1.82) is 0 Å². The number of hydrogen-bond donors (Lipinski definition) is 2. The van der Waals surface area contributed by atoms with Crippen LogP contribution in [0.4, 0.5) is 0 Å². The van der Waals surface area contributed by atoms with E-state index in [1.54, 1.807) is 16.6 Å². The van der Waals surface area contributed by atoms with Crippen molar-refractivity contribution >= 4 is 28.6 Å². The van der Waals surface area contributed by atoms with Crippen molar-refractivity contribution in [3.05, 3.63) is 30.0 Å². The highest BCUT2D eigenvalue weighted by Gasteiger charge is 2.35. The van der Waals surface area contributed by atoms with Crippen molar-refractivity contribution in [2.45, 2.75) is 38.1 Å². The number of amides is 3. The summed E-state index contributed by atoms with van der Waals surface area (Å²) in [6.45, 7) is 2.12. The Kier molecular flexibility index (Phi) is 7.27. The summed E-state index contributed by atoms with van der Waals surface area (Å²) in [4.78, 5) is 42.4. The monoisotopic (exact) mass is 454 g/mol. The summed E-state index contributed by atoms with van der Waals surface area (Å²) in [7, 11) is 3.58. The Bertz CT molecular complexity index is 1000. The SMILES string of the molecule is CNCC(=O)NC(C(=O)N1CCN(C(=O)c2ccc3nn(C)cc3c2)CC1)C1CCCCC1. The van der Waals surface area contributed by atoms with Crippen LogP contribution in [-0.2, 0) is 16.6 Å². The van der Waals surface area contributed by atoms with Crippen molar-refractivity contribution < 1.29 is 14.4 Å². The molecule has 178 valence electrons. The lowest BCUT2D eigenvalue weighted by atomic mass is 9.83. The first-order chi connectivity index (χ1) is 16.0. The molecule has 3 amide bonds. The number of aromatic nitrogens is 2. The second-order valence-corrected chi connectivity index (χ2v) is 9.17. The van der Waals surface area contributed by atoms with Gasteiger partial charge >= 0.3 is 0 Å². The standard InChI is InChI=1S/C24H34N6O3/c1-25-15-21(31)26-22(17-6-4-3-5-7-17)24(33)30-12-10-29(11-13-30)23(32)18-8-9-20-19(14-18)16-28(2)27-20/h8-9,14,16-17,22,25H,3-7,10-13,15H2,1-2H3,(H,26,31). The molecule has 1 unspecified atom stereocenters. The first-order valence-corrected chi connectivity index (χ1v) is 11.9. The molecule has 2 aliphatic rings. The zero-order chi connectivity index (χ0) is 23.4. The average molecular weight is 455 g/mol. The second-order valence-electron chi connectivity index (χ2n) is 9.17. The maximum Gasteiger partial charge on any atom is 0.253 e. The average Bonchev–Trinajstić information content (AvgIpc) is 3.21. The lowest BCUT2D eigenvalue weighted by Gasteiger charge is -2.39. The summed E-state index contributed by atoms with van der Waals surface area (Å²) in [5.74, 6) is -0.0202. The fraction of sp³-hybridized carbons (Fsp3) is 0.583. The van der Waals surface area contributed by atoms with Crippen molar-refractivity contribution in [3.8, 4) is 0 Å². The fourth-order valence-electron chi connectivity index (χ4n) is 5.03. The van der Waals surface area contributed by atoms with Gasteiger partial charge in [0.1, 0.15) is 6.04 Å². The maximum atomic E-state index is 13.4. The summed E-state index contributed by atoms with van der Waals surface area (Å²) >= 11 is 0. The number of piperazine rings is 1. The Hall–Kier alpha value is -2.94. The number of carbonyl (C=O) groups excluding carboxylic acids is 3. The van der Waals surface area contributed by atoms with Crippen molar-refractivity contribution in [2.24, 2.45) is 13.0 Å². The van der Waals surface area contributed by atoms with E-state index in [2.05, 4.69) is 15.7 Å². The predicted octanol–water partition coefficient (Wildman–Crippen LogP) is 1.14.